The van der Waals surface area contributed by atoms with Crippen LogP contribution < -0.4 is 0 Å². The van der Waals surface area contributed by atoms with Gasteiger partial charge < -0.3 is 9.32 Å². The zero-order valence-electron chi connectivity index (χ0n) is 17.4. The van der Waals surface area contributed by atoms with Crippen LogP contribution in [0.4, 0.5) is 0 Å². The van der Waals surface area contributed by atoms with Crippen LogP contribution in [0.1, 0.15) is 22.5 Å². The first kappa shape index (κ1) is 21.8. The molecule has 0 bridgehead atoms. The Morgan fingerprint density at radius 2 is 1.70 bits per heavy atom. The van der Waals surface area contributed by atoms with Crippen LogP contribution in [-0.4, -0.2) is 37.1 Å². The molecule has 0 saturated carbocycles. The van der Waals surface area contributed by atoms with E-state index in [1.165, 1.54) is 15.5 Å². The van der Waals surface area contributed by atoms with Gasteiger partial charge in [-0.05, 0) is 48.7 Å². The molecule has 1 heterocycles. The van der Waals surface area contributed by atoms with Gasteiger partial charge in [0, 0.05) is 13.6 Å². The average molecular weight is 427 g/mol. The molecule has 0 unspecified atom stereocenters. The number of likely N-dealkylation sites (N-methyl/N-ethyl adjacent to an activating group) is 1. The first-order valence-electron chi connectivity index (χ1n) is 9.65. The van der Waals surface area contributed by atoms with Crippen molar-refractivity contribution in [1.29, 1.82) is 0 Å². The second-order valence-corrected chi connectivity index (χ2v) is 9.26. The Morgan fingerprint density at radius 3 is 2.37 bits per heavy atom. The van der Waals surface area contributed by atoms with Crippen molar-refractivity contribution in [2.45, 2.75) is 31.8 Å². The highest BCUT2D eigenvalue weighted by Crippen LogP contribution is 2.23. The number of furan rings is 1. The number of rotatable bonds is 8. The number of hydrogen-bond donors (Lipinski definition) is 0. The van der Waals surface area contributed by atoms with Crippen LogP contribution in [0.15, 0.2) is 76.2 Å². The van der Waals surface area contributed by atoms with E-state index >= 15 is 0 Å². The molecule has 0 N–H and O–H groups in total. The van der Waals surface area contributed by atoms with Crippen molar-refractivity contribution in [2.75, 3.05) is 13.6 Å². The highest BCUT2D eigenvalue weighted by atomic mass is 32.2. The molecule has 0 aliphatic carbocycles. The lowest BCUT2D eigenvalue weighted by atomic mass is 10.2. The number of amides is 1. The summed E-state index contributed by atoms with van der Waals surface area (Å²) in [4.78, 5) is 14.6. The summed E-state index contributed by atoms with van der Waals surface area (Å²) in [6, 6.07) is 18.2. The van der Waals surface area contributed by atoms with E-state index in [4.69, 9.17) is 4.42 Å². The van der Waals surface area contributed by atoms with Crippen LogP contribution in [0, 0.1) is 13.8 Å². The van der Waals surface area contributed by atoms with Crippen molar-refractivity contribution in [2.24, 2.45) is 0 Å². The fraction of sp³-hybridized carbons (Fsp3) is 0.261. The quantitative estimate of drug-likeness (QED) is 0.550. The van der Waals surface area contributed by atoms with Crippen molar-refractivity contribution < 1.29 is 17.6 Å². The lowest BCUT2D eigenvalue weighted by Crippen LogP contribution is -2.41. The minimum atomic E-state index is -3.91. The van der Waals surface area contributed by atoms with E-state index in [-0.39, 0.29) is 23.9 Å². The van der Waals surface area contributed by atoms with E-state index in [2.05, 4.69) is 0 Å². The van der Waals surface area contributed by atoms with Gasteiger partial charge in [-0.15, -0.1) is 0 Å². The molecule has 3 rings (SSSR count). The van der Waals surface area contributed by atoms with Crippen molar-refractivity contribution in [1.82, 2.24) is 9.21 Å². The Labute approximate surface area is 177 Å². The third-order valence-electron chi connectivity index (χ3n) is 4.87. The van der Waals surface area contributed by atoms with Crippen LogP contribution >= 0.6 is 0 Å². The Bertz CT molecular complexity index is 1090. The third kappa shape index (κ3) is 5.17. The molecule has 6 nitrogen and oxygen atoms in total. The first-order chi connectivity index (χ1) is 14.3. The van der Waals surface area contributed by atoms with Crippen LogP contribution in [0.2, 0.25) is 0 Å². The number of benzene rings is 2. The maximum Gasteiger partial charge on any atom is 0.244 e. The minimum Gasteiger partial charge on any atom is -0.468 e. The van der Waals surface area contributed by atoms with Crippen molar-refractivity contribution >= 4 is 15.9 Å². The number of sulfonamides is 1. The van der Waals surface area contributed by atoms with Crippen LogP contribution in [-0.2, 0) is 27.9 Å². The van der Waals surface area contributed by atoms with Crippen molar-refractivity contribution in [3.05, 3.63) is 89.4 Å². The fourth-order valence-electron chi connectivity index (χ4n) is 3.14. The second kappa shape index (κ2) is 9.28. The molecule has 7 heteroatoms. The summed E-state index contributed by atoms with van der Waals surface area (Å²) < 4.78 is 33.5. The summed E-state index contributed by atoms with van der Waals surface area (Å²) in [5.41, 5.74) is 2.45. The van der Waals surface area contributed by atoms with Gasteiger partial charge in [-0.25, -0.2) is 8.42 Å². The summed E-state index contributed by atoms with van der Waals surface area (Å²) in [6.07, 6.45) is 1.49. The van der Waals surface area contributed by atoms with Crippen LogP contribution in [0.5, 0.6) is 0 Å². The monoisotopic (exact) mass is 426 g/mol. The lowest BCUT2D eigenvalue weighted by molar-refractivity contribution is -0.130. The summed E-state index contributed by atoms with van der Waals surface area (Å²) in [5.74, 6) is 0.182. The van der Waals surface area contributed by atoms with E-state index in [9.17, 15) is 13.2 Å². The fourth-order valence-corrected chi connectivity index (χ4v) is 4.81. The number of carbonyl (C=O) groups excluding carboxylic acids is 1. The van der Waals surface area contributed by atoms with Gasteiger partial charge in [0.2, 0.25) is 15.9 Å². The minimum absolute atomic E-state index is 0.0202. The van der Waals surface area contributed by atoms with Gasteiger partial charge in [0.15, 0.2) is 0 Å². The van der Waals surface area contributed by atoms with Crippen molar-refractivity contribution in [3.8, 4) is 0 Å². The molecule has 30 heavy (non-hydrogen) atoms. The molecular formula is C23H26N2O4S. The molecule has 0 aliphatic heterocycles. The molecule has 0 saturated heterocycles. The summed E-state index contributed by atoms with van der Waals surface area (Å²) in [6.45, 7) is 3.69. The molecule has 0 atom stereocenters. The van der Waals surface area contributed by atoms with Gasteiger partial charge in [-0.2, -0.15) is 4.31 Å². The molecule has 0 spiro atoms. The van der Waals surface area contributed by atoms with E-state index in [1.807, 2.05) is 43.3 Å². The molecule has 0 radical (unpaired) electrons. The number of carbonyl (C=O) groups is 1. The standard InChI is InChI=1S/C23H26N2O4S/c1-18-11-12-19(2)22(14-18)30(27,28)25(16-21-10-7-13-29-21)17-23(26)24(3)15-20-8-5-4-6-9-20/h4-14H,15-17H2,1-3H3. The summed E-state index contributed by atoms with van der Waals surface area (Å²) in [7, 11) is -2.23. The van der Waals surface area contributed by atoms with Crippen LogP contribution in [0.25, 0.3) is 0 Å². The molecule has 2 aromatic carbocycles. The van der Waals surface area contributed by atoms with E-state index in [0.717, 1.165) is 11.1 Å². The molecule has 0 aliphatic rings. The highest BCUT2D eigenvalue weighted by molar-refractivity contribution is 7.89. The normalized spacial score (nSPS) is 11.6. The maximum atomic E-state index is 13.5. The Morgan fingerprint density at radius 1 is 0.967 bits per heavy atom. The molecular weight excluding hydrogens is 400 g/mol. The second-order valence-electron chi connectivity index (χ2n) is 7.36. The summed E-state index contributed by atoms with van der Waals surface area (Å²) in [5, 5.41) is 0. The molecule has 1 aromatic heterocycles. The van der Waals surface area contributed by atoms with Gasteiger partial charge in [0.25, 0.3) is 0 Å². The first-order valence-corrected chi connectivity index (χ1v) is 11.1. The zero-order chi connectivity index (χ0) is 21.7. The maximum absolute atomic E-state index is 13.5. The smallest absolute Gasteiger partial charge is 0.244 e. The molecule has 1 amide bonds. The van der Waals surface area contributed by atoms with Gasteiger partial charge in [-0.1, -0.05) is 42.5 Å². The summed E-state index contributed by atoms with van der Waals surface area (Å²) >= 11 is 0. The van der Waals surface area contributed by atoms with Crippen molar-refractivity contribution in [3.63, 3.8) is 0 Å². The van der Waals surface area contributed by atoms with Gasteiger partial charge in [-0.3, -0.25) is 4.79 Å². The predicted octanol–water partition coefficient (Wildman–Crippen LogP) is 3.75. The number of aryl methyl sites for hydroxylation is 2. The highest BCUT2D eigenvalue weighted by Gasteiger charge is 2.30. The largest absolute Gasteiger partial charge is 0.468 e. The van der Waals surface area contributed by atoms with Gasteiger partial charge in [0.1, 0.15) is 5.76 Å². The lowest BCUT2D eigenvalue weighted by Gasteiger charge is -2.25. The number of nitrogens with zero attached hydrogens (tertiary/aromatic N) is 2. The zero-order valence-corrected chi connectivity index (χ0v) is 18.2. The molecule has 0 fully saturated rings. The predicted molar refractivity (Wildman–Crippen MR) is 115 cm³/mol. The third-order valence-corrected chi connectivity index (χ3v) is 6.81. The van der Waals surface area contributed by atoms with Gasteiger partial charge in [0.05, 0.1) is 24.2 Å². The Balaban J connectivity index is 1.87. The van der Waals surface area contributed by atoms with Gasteiger partial charge >= 0.3 is 0 Å². The van der Waals surface area contributed by atoms with E-state index < -0.39 is 10.0 Å². The molecule has 3 aromatic rings. The SMILES string of the molecule is Cc1ccc(C)c(S(=O)(=O)N(CC(=O)N(C)Cc2ccccc2)Cc2ccco2)c1. The topological polar surface area (TPSA) is 70.8 Å². The van der Waals surface area contributed by atoms with E-state index in [1.54, 1.807) is 38.2 Å². The average Bonchev–Trinajstić information content (AvgIpc) is 3.23. The van der Waals surface area contributed by atoms with Crippen LogP contribution in [0.3, 0.4) is 0 Å². The molecule has 158 valence electrons. The Hall–Kier alpha value is -2.90. The number of hydrogen-bond acceptors (Lipinski definition) is 4. The van der Waals surface area contributed by atoms with E-state index in [0.29, 0.717) is 17.9 Å². The Kier molecular flexibility index (Phi) is 6.74.